The van der Waals surface area contributed by atoms with Crippen LogP contribution in [0.5, 0.6) is 0 Å². The predicted molar refractivity (Wildman–Crippen MR) is 59.5 cm³/mol. The molecule has 0 aliphatic rings. The minimum absolute atomic E-state index is 0.117. The number of nitrogens with one attached hydrogen (secondary N) is 1. The average molecular weight is 226 g/mol. The highest BCUT2D eigenvalue weighted by Crippen LogP contribution is 2.21. The molecule has 0 aliphatic heterocycles. The number of hydrogen-bond donors (Lipinski definition) is 1. The van der Waals surface area contributed by atoms with E-state index < -0.39 is 0 Å². The summed E-state index contributed by atoms with van der Waals surface area (Å²) >= 11 is 5.91. The smallest absolute Gasteiger partial charge is 0.274 e. The highest BCUT2D eigenvalue weighted by Gasteiger charge is 2.17. The minimum atomic E-state index is -0.166. The quantitative estimate of drug-likeness (QED) is 0.745. The molecule has 0 saturated carbocycles. The van der Waals surface area contributed by atoms with Crippen molar-refractivity contribution in [1.29, 1.82) is 0 Å². The zero-order valence-corrected chi connectivity index (χ0v) is 9.59. The van der Waals surface area contributed by atoms with Crippen molar-refractivity contribution in [3.63, 3.8) is 0 Å². The van der Waals surface area contributed by atoms with Gasteiger partial charge in [-0.15, -0.1) is 0 Å². The van der Waals surface area contributed by atoms with Crippen LogP contribution in [0.2, 0.25) is 5.02 Å². The van der Waals surface area contributed by atoms with E-state index in [9.17, 15) is 4.79 Å². The second-order valence-electron chi connectivity index (χ2n) is 4.52. The first-order valence-corrected chi connectivity index (χ1v) is 5.04. The van der Waals surface area contributed by atoms with Crippen molar-refractivity contribution in [3.8, 4) is 0 Å². The molecule has 0 aromatic carbocycles. The lowest BCUT2D eigenvalue weighted by atomic mass is 9.92. The third-order valence-electron chi connectivity index (χ3n) is 2.26. The molecule has 1 N–H and O–H groups in total. The third-order valence-corrected chi connectivity index (χ3v) is 2.54. The van der Waals surface area contributed by atoms with Crippen LogP contribution in [-0.4, -0.2) is 14.6 Å². The normalized spacial score (nSPS) is 12.3. The molecule has 0 spiro atoms. The van der Waals surface area contributed by atoms with E-state index in [-0.39, 0.29) is 11.0 Å². The van der Waals surface area contributed by atoms with Gasteiger partial charge in [0.05, 0.1) is 6.20 Å². The molecule has 15 heavy (non-hydrogen) atoms. The summed E-state index contributed by atoms with van der Waals surface area (Å²) in [5.41, 5.74) is 1.12. The molecule has 0 atom stereocenters. The molecule has 2 heterocycles. The Morgan fingerprint density at radius 3 is 2.73 bits per heavy atom. The molecule has 0 fully saturated rings. The van der Waals surface area contributed by atoms with E-state index in [0.717, 1.165) is 5.69 Å². The van der Waals surface area contributed by atoms with Crippen LogP contribution in [0.25, 0.3) is 5.65 Å². The number of aromatic amines is 1. The lowest BCUT2D eigenvalue weighted by Gasteiger charge is -2.18. The number of halogens is 1. The largest absolute Gasteiger partial charge is 0.342 e. The number of hydrogen-bond acceptors (Lipinski definition) is 2. The van der Waals surface area contributed by atoms with Gasteiger partial charge in [0, 0.05) is 17.2 Å². The maximum absolute atomic E-state index is 11.7. The Bertz CT molecular complexity index is 562. The number of fused-ring (bicyclic) bond motifs is 1. The Morgan fingerprint density at radius 2 is 2.13 bits per heavy atom. The molecule has 80 valence electrons. The SMILES string of the molecule is CC(C)(C)c1cc(=O)n2ncc(Cl)c2[nH]1. The Balaban J connectivity index is 2.82. The van der Waals surface area contributed by atoms with E-state index in [1.807, 2.05) is 20.8 Å². The predicted octanol–water partition coefficient (Wildman–Crippen LogP) is 1.97. The molecule has 2 aromatic rings. The number of H-pyrrole nitrogens is 1. The molecule has 0 radical (unpaired) electrons. The van der Waals surface area contributed by atoms with Gasteiger partial charge in [-0.05, 0) is 0 Å². The van der Waals surface area contributed by atoms with Gasteiger partial charge < -0.3 is 4.98 Å². The molecule has 5 heteroatoms. The van der Waals surface area contributed by atoms with Gasteiger partial charge in [0.25, 0.3) is 5.56 Å². The van der Waals surface area contributed by atoms with Crippen LogP contribution in [0.3, 0.4) is 0 Å². The van der Waals surface area contributed by atoms with Gasteiger partial charge in [0.2, 0.25) is 0 Å². The first-order chi connectivity index (χ1) is 6.89. The molecule has 0 saturated heterocycles. The fraction of sp³-hybridized carbons (Fsp3) is 0.400. The lowest BCUT2D eigenvalue weighted by Crippen LogP contribution is -2.21. The number of rotatable bonds is 0. The van der Waals surface area contributed by atoms with Crippen molar-refractivity contribution < 1.29 is 0 Å². The zero-order chi connectivity index (χ0) is 11.2. The molecule has 0 unspecified atom stereocenters. The molecular formula is C10H12ClN3O. The van der Waals surface area contributed by atoms with Crippen molar-refractivity contribution in [2.45, 2.75) is 26.2 Å². The topological polar surface area (TPSA) is 50.2 Å². The number of aromatic nitrogens is 3. The summed E-state index contributed by atoms with van der Waals surface area (Å²) in [4.78, 5) is 14.8. The van der Waals surface area contributed by atoms with Gasteiger partial charge in [-0.1, -0.05) is 32.4 Å². The van der Waals surface area contributed by atoms with E-state index in [1.54, 1.807) is 6.07 Å². The molecule has 4 nitrogen and oxygen atoms in total. The summed E-state index contributed by atoms with van der Waals surface area (Å²) in [5.74, 6) is 0. The van der Waals surface area contributed by atoms with E-state index in [2.05, 4.69) is 10.1 Å². The van der Waals surface area contributed by atoms with Gasteiger partial charge in [0.1, 0.15) is 5.02 Å². The van der Waals surface area contributed by atoms with E-state index in [0.29, 0.717) is 10.7 Å². The lowest BCUT2D eigenvalue weighted by molar-refractivity contribution is 0.566. The Kier molecular flexibility index (Phi) is 2.12. The summed E-state index contributed by atoms with van der Waals surface area (Å²) in [6.07, 6.45) is 1.46. The van der Waals surface area contributed by atoms with E-state index in [4.69, 9.17) is 11.6 Å². The summed E-state index contributed by atoms with van der Waals surface area (Å²) in [7, 11) is 0. The second-order valence-corrected chi connectivity index (χ2v) is 4.93. The van der Waals surface area contributed by atoms with Gasteiger partial charge in [-0.3, -0.25) is 4.79 Å². The fourth-order valence-corrected chi connectivity index (χ4v) is 1.53. The molecule has 0 aliphatic carbocycles. The highest BCUT2D eigenvalue weighted by molar-refractivity contribution is 6.33. The van der Waals surface area contributed by atoms with Crippen LogP contribution in [0.4, 0.5) is 0 Å². The first-order valence-electron chi connectivity index (χ1n) is 4.66. The van der Waals surface area contributed by atoms with Crippen LogP contribution >= 0.6 is 11.6 Å². The zero-order valence-electron chi connectivity index (χ0n) is 8.84. The standard InChI is InChI=1S/C10H12ClN3O/c1-10(2,3)7-4-8(15)14-9(13-7)6(11)5-12-14/h4-5,13H,1-3H3. The Hall–Kier alpha value is -1.29. The first kappa shape index (κ1) is 10.2. The van der Waals surface area contributed by atoms with Crippen LogP contribution in [-0.2, 0) is 5.41 Å². The highest BCUT2D eigenvalue weighted by atomic mass is 35.5. The Labute approximate surface area is 91.9 Å². The summed E-state index contributed by atoms with van der Waals surface area (Å²) in [6, 6.07) is 1.55. The van der Waals surface area contributed by atoms with Crippen molar-refractivity contribution in [2.75, 3.05) is 0 Å². The molecule has 0 amide bonds. The fourth-order valence-electron chi connectivity index (χ4n) is 1.36. The van der Waals surface area contributed by atoms with Crippen molar-refractivity contribution in [3.05, 3.63) is 33.3 Å². The Morgan fingerprint density at radius 1 is 1.47 bits per heavy atom. The van der Waals surface area contributed by atoms with E-state index >= 15 is 0 Å². The monoisotopic (exact) mass is 225 g/mol. The van der Waals surface area contributed by atoms with Crippen LogP contribution in [0, 0.1) is 0 Å². The second kappa shape index (κ2) is 3.10. The molecule has 2 aromatic heterocycles. The average Bonchev–Trinajstić information content (AvgIpc) is 2.47. The molecule has 2 rings (SSSR count). The van der Waals surface area contributed by atoms with Crippen molar-refractivity contribution >= 4 is 17.2 Å². The minimum Gasteiger partial charge on any atom is -0.342 e. The molecular weight excluding hydrogens is 214 g/mol. The van der Waals surface area contributed by atoms with Crippen LogP contribution in [0.15, 0.2) is 17.1 Å². The van der Waals surface area contributed by atoms with Crippen molar-refractivity contribution in [1.82, 2.24) is 14.6 Å². The van der Waals surface area contributed by atoms with Gasteiger partial charge in [-0.25, -0.2) is 0 Å². The van der Waals surface area contributed by atoms with E-state index in [1.165, 1.54) is 10.7 Å². The van der Waals surface area contributed by atoms with Gasteiger partial charge >= 0.3 is 0 Å². The maximum atomic E-state index is 11.7. The summed E-state index contributed by atoms with van der Waals surface area (Å²) < 4.78 is 1.26. The maximum Gasteiger partial charge on any atom is 0.274 e. The van der Waals surface area contributed by atoms with Crippen molar-refractivity contribution in [2.24, 2.45) is 0 Å². The molecule has 0 bridgehead atoms. The van der Waals surface area contributed by atoms with Gasteiger partial charge in [-0.2, -0.15) is 9.61 Å². The summed E-state index contributed by atoms with van der Waals surface area (Å²) in [5, 5.41) is 4.34. The van der Waals surface area contributed by atoms with Crippen LogP contribution in [0.1, 0.15) is 26.5 Å². The summed E-state index contributed by atoms with van der Waals surface area (Å²) in [6.45, 7) is 6.08. The number of nitrogens with zero attached hydrogens (tertiary/aromatic N) is 2. The third kappa shape index (κ3) is 1.65. The van der Waals surface area contributed by atoms with Crippen LogP contribution < -0.4 is 5.56 Å². The van der Waals surface area contributed by atoms with Gasteiger partial charge in [0.15, 0.2) is 5.65 Å².